The Morgan fingerprint density at radius 2 is 1.75 bits per heavy atom. The van der Waals surface area contributed by atoms with E-state index in [0.717, 1.165) is 36.6 Å². The Hall–Kier alpha value is -1.00. The van der Waals surface area contributed by atoms with E-state index in [4.69, 9.17) is 14.7 Å². The summed E-state index contributed by atoms with van der Waals surface area (Å²) < 4.78 is 5.80. The van der Waals surface area contributed by atoms with E-state index in [1.165, 1.54) is 5.56 Å². The summed E-state index contributed by atoms with van der Waals surface area (Å²) in [5, 5.41) is 3.18. The van der Waals surface area contributed by atoms with Crippen LogP contribution in [0.15, 0.2) is 0 Å². The van der Waals surface area contributed by atoms with Crippen molar-refractivity contribution in [1.29, 1.82) is 0 Å². The highest BCUT2D eigenvalue weighted by molar-refractivity contribution is 5.25. The molecule has 0 aliphatic heterocycles. The van der Waals surface area contributed by atoms with Crippen LogP contribution in [-0.4, -0.2) is 30.2 Å². The summed E-state index contributed by atoms with van der Waals surface area (Å²) in [7, 11) is 1.98. The summed E-state index contributed by atoms with van der Waals surface area (Å²) in [4.78, 5) is 9.39. The van der Waals surface area contributed by atoms with Crippen LogP contribution in [0.25, 0.3) is 0 Å². The maximum atomic E-state index is 5.80. The van der Waals surface area contributed by atoms with Crippen LogP contribution >= 0.6 is 0 Å². The summed E-state index contributed by atoms with van der Waals surface area (Å²) in [5.74, 6) is 1.21. The second-order valence-corrected chi connectivity index (χ2v) is 5.56. The third-order valence-corrected chi connectivity index (χ3v) is 3.50. The Bertz CT molecular complexity index is 395. The van der Waals surface area contributed by atoms with E-state index >= 15 is 0 Å². The monoisotopic (exact) mass is 279 g/mol. The number of nitrogens with zero attached hydrogens (tertiary/aromatic N) is 2. The van der Waals surface area contributed by atoms with Gasteiger partial charge in [-0.3, -0.25) is 0 Å². The third-order valence-electron chi connectivity index (χ3n) is 3.50. The normalized spacial score (nSPS) is 12.9. The molecule has 1 unspecified atom stereocenters. The van der Waals surface area contributed by atoms with Crippen LogP contribution in [0.3, 0.4) is 0 Å². The second-order valence-electron chi connectivity index (χ2n) is 5.56. The van der Waals surface area contributed by atoms with Gasteiger partial charge in [0.2, 0.25) is 0 Å². The van der Waals surface area contributed by atoms with Crippen LogP contribution in [0.5, 0.6) is 0 Å². The second kappa shape index (κ2) is 8.32. The molecule has 0 amide bonds. The molecule has 0 radical (unpaired) electrons. The SMILES string of the molecule is CCOC(c1nc(C)c(CCCNC)c(C)n1)C(C)C. The number of aromatic nitrogens is 2. The Labute approximate surface area is 123 Å². The molecule has 1 aromatic heterocycles. The van der Waals surface area contributed by atoms with Gasteiger partial charge in [-0.25, -0.2) is 9.97 Å². The van der Waals surface area contributed by atoms with Crippen molar-refractivity contribution in [2.24, 2.45) is 5.92 Å². The first-order valence-electron chi connectivity index (χ1n) is 7.61. The van der Waals surface area contributed by atoms with E-state index in [1.807, 2.05) is 14.0 Å². The van der Waals surface area contributed by atoms with Gasteiger partial charge in [0.25, 0.3) is 0 Å². The molecule has 0 aliphatic rings. The smallest absolute Gasteiger partial charge is 0.157 e. The number of hydrogen-bond donors (Lipinski definition) is 1. The fourth-order valence-corrected chi connectivity index (χ4v) is 2.44. The van der Waals surface area contributed by atoms with Crippen molar-refractivity contribution < 1.29 is 4.74 Å². The van der Waals surface area contributed by atoms with Crippen molar-refractivity contribution in [2.75, 3.05) is 20.2 Å². The van der Waals surface area contributed by atoms with Gasteiger partial charge in [-0.1, -0.05) is 13.8 Å². The number of aryl methyl sites for hydroxylation is 2. The molecule has 114 valence electrons. The Morgan fingerprint density at radius 1 is 1.15 bits per heavy atom. The van der Waals surface area contributed by atoms with Crippen LogP contribution < -0.4 is 5.32 Å². The molecule has 4 heteroatoms. The standard InChI is InChI=1S/C16H29N3O/c1-7-20-15(11(2)3)16-18-12(4)14(13(5)19-16)9-8-10-17-6/h11,15,17H,7-10H2,1-6H3. The predicted octanol–water partition coefficient (Wildman–Crippen LogP) is 2.98. The molecule has 1 aromatic rings. The Kier molecular flexibility index (Phi) is 7.10. The lowest BCUT2D eigenvalue weighted by Crippen LogP contribution is -2.17. The third kappa shape index (κ3) is 4.53. The molecule has 0 aliphatic carbocycles. The lowest BCUT2D eigenvalue weighted by molar-refractivity contribution is 0.0229. The minimum atomic E-state index is -0.0104. The van der Waals surface area contributed by atoms with Gasteiger partial charge in [0.05, 0.1) is 0 Å². The molecule has 20 heavy (non-hydrogen) atoms. The van der Waals surface area contributed by atoms with E-state index in [0.29, 0.717) is 12.5 Å². The highest BCUT2D eigenvalue weighted by Crippen LogP contribution is 2.24. The van der Waals surface area contributed by atoms with Crippen LogP contribution in [-0.2, 0) is 11.2 Å². The van der Waals surface area contributed by atoms with Crippen molar-refractivity contribution in [1.82, 2.24) is 15.3 Å². The molecular weight excluding hydrogens is 250 g/mol. The van der Waals surface area contributed by atoms with E-state index in [9.17, 15) is 0 Å². The topological polar surface area (TPSA) is 47.0 Å². The first-order valence-corrected chi connectivity index (χ1v) is 7.61. The quantitative estimate of drug-likeness (QED) is 0.743. The number of hydrogen-bond acceptors (Lipinski definition) is 4. The maximum absolute atomic E-state index is 5.80. The van der Waals surface area contributed by atoms with Gasteiger partial charge in [-0.15, -0.1) is 0 Å². The number of rotatable bonds is 8. The van der Waals surface area contributed by atoms with Crippen molar-refractivity contribution in [2.45, 2.75) is 53.6 Å². The van der Waals surface area contributed by atoms with Gasteiger partial charge in [0, 0.05) is 18.0 Å². The van der Waals surface area contributed by atoms with Gasteiger partial charge in [0.15, 0.2) is 5.82 Å². The molecular formula is C16H29N3O. The van der Waals surface area contributed by atoms with Crippen LogP contribution in [0.2, 0.25) is 0 Å². The summed E-state index contributed by atoms with van der Waals surface area (Å²) >= 11 is 0. The zero-order valence-electron chi connectivity index (χ0n) is 13.8. The van der Waals surface area contributed by atoms with Gasteiger partial charge in [-0.2, -0.15) is 0 Å². The summed E-state index contributed by atoms with van der Waals surface area (Å²) in [6.07, 6.45) is 2.13. The Balaban J connectivity index is 2.96. The average molecular weight is 279 g/mol. The fraction of sp³-hybridized carbons (Fsp3) is 0.750. The van der Waals surface area contributed by atoms with Crippen LogP contribution in [0.1, 0.15) is 56.1 Å². The molecule has 0 saturated heterocycles. The first kappa shape index (κ1) is 17.1. The zero-order valence-corrected chi connectivity index (χ0v) is 13.8. The van der Waals surface area contributed by atoms with E-state index < -0.39 is 0 Å². The summed E-state index contributed by atoms with van der Waals surface area (Å²) in [6.45, 7) is 12.2. The molecule has 0 saturated carbocycles. The van der Waals surface area contributed by atoms with Crippen molar-refractivity contribution >= 4 is 0 Å². The minimum Gasteiger partial charge on any atom is -0.370 e. The molecule has 0 bridgehead atoms. The Morgan fingerprint density at radius 3 is 2.20 bits per heavy atom. The maximum Gasteiger partial charge on any atom is 0.157 e. The molecule has 0 aromatic carbocycles. The van der Waals surface area contributed by atoms with Crippen molar-refractivity contribution in [3.05, 3.63) is 22.8 Å². The highest BCUT2D eigenvalue weighted by Gasteiger charge is 2.20. The molecule has 0 fully saturated rings. The number of nitrogens with one attached hydrogen (secondary N) is 1. The molecule has 1 heterocycles. The summed E-state index contributed by atoms with van der Waals surface area (Å²) in [5.41, 5.74) is 3.46. The largest absolute Gasteiger partial charge is 0.370 e. The first-order chi connectivity index (χ1) is 9.51. The minimum absolute atomic E-state index is 0.0104. The molecule has 0 spiro atoms. The summed E-state index contributed by atoms with van der Waals surface area (Å²) in [6, 6.07) is 0. The van der Waals surface area contributed by atoms with E-state index in [1.54, 1.807) is 0 Å². The fourth-order valence-electron chi connectivity index (χ4n) is 2.44. The van der Waals surface area contributed by atoms with E-state index in [-0.39, 0.29) is 6.10 Å². The number of ether oxygens (including phenoxy) is 1. The van der Waals surface area contributed by atoms with Crippen LogP contribution in [0, 0.1) is 19.8 Å². The van der Waals surface area contributed by atoms with Gasteiger partial charge in [0.1, 0.15) is 6.10 Å². The lowest BCUT2D eigenvalue weighted by Gasteiger charge is -2.21. The average Bonchev–Trinajstić information content (AvgIpc) is 2.38. The van der Waals surface area contributed by atoms with E-state index in [2.05, 4.69) is 33.0 Å². The molecule has 1 rings (SSSR count). The van der Waals surface area contributed by atoms with Gasteiger partial charge < -0.3 is 10.1 Å². The van der Waals surface area contributed by atoms with Gasteiger partial charge in [-0.05, 0) is 58.7 Å². The van der Waals surface area contributed by atoms with Crippen molar-refractivity contribution in [3.8, 4) is 0 Å². The zero-order chi connectivity index (χ0) is 15.1. The molecule has 1 N–H and O–H groups in total. The lowest BCUT2D eigenvalue weighted by atomic mass is 10.0. The van der Waals surface area contributed by atoms with Crippen LogP contribution in [0.4, 0.5) is 0 Å². The molecule has 4 nitrogen and oxygen atoms in total. The highest BCUT2D eigenvalue weighted by atomic mass is 16.5. The van der Waals surface area contributed by atoms with Gasteiger partial charge >= 0.3 is 0 Å². The molecule has 1 atom stereocenters. The predicted molar refractivity (Wildman–Crippen MR) is 83.0 cm³/mol. The van der Waals surface area contributed by atoms with Crippen molar-refractivity contribution in [3.63, 3.8) is 0 Å².